The van der Waals surface area contributed by atoms with Crippen LogP contribution in [-0.4, -0.2) is 31.6 Å². The van der Waals surface area contributed by atoms with Gasteiger partial charge in [0.2, 0.25) is 0 Å². The van der Waals surface area contributed by atoms with Gasteiger partial charge < -0.3 is 9.47 Å². The Morgan fingerprint density at radius 2 is 1.11 bits per heavy atom. The summed E-state index contributed by atoms with van der Waals surface area (Å²) < 4.78 is 2.36. The molecule has 0 saturated carbocycles. The van der Waals surface area contributed by atoms with Crippen LogP contribution in [0, 0.1) is 0 Å². The molecule has 0 spiro atoms. The largest absolute Gasteiger partial charge is 0.344 e. The zero-order valence-corrected chi connectivity index (χ0v) is 35.7. The minimum Gasteiger partial charge on any atom is -0.344 e. The minimum atomic E-state index is 0.564. The van der Waals surface area contributed by atoms with Gasteiger partial charge in [0.25, 0.3) is 0 Å². The Morgan fingerprint density at radius 1 is 0.531 bits per heavy atom. The third kappa shape index (κ3) is 7.58. The molecule has 0 radical (unpaired) electrons. The van der Waals surface area contributed by atoms with E-state index in [-0.39, 0.29) is 0 Å². The van der Waals surface area contributed by atoms with Gasteiger partial charge in [0.1, 0.15) is 0 Å². The van der Waals surface area contributed by atoms with Crippen LogP contribution in [0.1, 0.15) is 12.5 Å². The third-order valence-electron chi connectivity index (χ3n) is 11.6. The molecule has 0 aliphatic rings. The molecule has 306 valence electrons. The molecule has 3 aromatic heterocycles. The van der Waals surface area contributed by atoms with Gasteiger partial charge in [0.05, 0.1) is 11.0 Å². The van der Waals surface area contributed by atoms with E-state index in [2.05, 4.69) is 144 Å². The summed E-state index contributed by atoms with van der Waals surface area (Å²) in [5.41, 5.74) is 14.4. The Bertz CT molecular complexity index is 3290. The number of nitrogens with zero attached hydrogens (tertiary/aromatic N) is 6. The van der Waals surface area contributed by atoms with Crippen molar-refractivity contribution >= 4 is 38.8 Å². The fourth-order valence-corrected chi connectivity index (χ4v) is 8.53. The number of rotatable bonds is 11. The van der Waals surface area contributed by atoms with E-state index in [1.54, 1.807) is 0 Å². The molecular formula is C58H44N6. The lowest BCUT2D eigenvalue weighted by Gasteiger charge is -2.25. The van der Waals surface area contributed by atoms with Crippen LogP contribution in [0.25, 0.3) is 89.5 Å². The number of para-hydroxylation sites is 2. The van der Waals surface area contributed by atoms with Crippen LogP contribution in [-0.2, 0) is 0 Å². The number of fused-ring (bicyclic) bond motifs is 3. The van der Waals surface area contributed by atoms with Crippen LogP contribution in [0.15, 0.2) is 225 Å². The number of aromatic nitrogens is 5. The smallest absolute Gasteiger partial charge is 0.165 e. The highest BCUT2D eigenvalue weighted by Crippen LogP contribution is 2.42. The van der Waals surface area contributed by atoms with Crippen molar-refractivity contribution in [2.45, 2.75) is 6.92 Å². The fraction of sp³-hybridized carbons (Fsp3) is 0.0345. The molecule has 0 bridgehead atoms. The molecule has 64 heavy (non-hydrogen) atoms. The Kier molecular flexibility index (Phi) is 10.8. The third-order valence-corrected chi connectivity index (χ3v) is 11.6. The first-order valence-electron chi connectivity index (χ1n) is 21.4. The maximum absolute atomic E-state index is 5.00. The highest BCUT2D eigenvalue weighted by molar-refractivity contribution is 6.15. The predicted molar refractivity (Wildman–Crippen MR) is 267 cm³/mol. The highest BCUT2D eigenvalue weighted by Gasteiger charge is 2.20. The minimum absolute atomic E-state index is 0.564. The van der Waals surface area contributed by atoms with Gasteiger partial charge in [-0.05, 0) is 77.7 Å². The van der Waals surface area contributed by atoms with Gasteiger partial charge in [0.15, 0.2) is 17.5 Å². The van der Waals surface area contributed by atoms with Crippen molar-refractivity contribution in [1.29, 1.82) is 0 Å². The van der Waals surface area contributed by atoms with Crippen LogP contribution >= 0.6 is 0 Å². The molecular weight excluding hydrogens is 781 g/mol. The highest BCUT2D eigenvalue weighted by atomic mass is 15.1. The maximum atomic E-state index is 5.00. The molecule has 0 amide bonds. The Balaban J connectivity index is 1.07. The van der Waals surface area contributed by atoms with Crippen LogP contribution in [0.4, 0.5) is 11.4 Å². The van der Waals surface area contributed by atoms with Crippen molar-refractivity contribution in [1.82, 2.24) is 24.5 Å². The molecule has 0 unspecified atom stereocenters. The first kappa shape index (κ1) is 39.6. The van der Waals surface area contributed by atoms with E-state index < -0.39 is 0 Å². The van der Waals surface area contributed by atoms with Gasteiger partial charge in [-0.15, -0.1) is 0 Å². The number of hydrogen-bond acceptors (Lipinski definition) is 5. The van der Waals surface area contributed by atoms with E-state index in [9.17, 15) is 0 Å². The normalized spacial score (nSPS) is 11.5. The summed E-state index contributed by atoms with van der Waals surface area (Å²) in [7, 11) is 2.11. The van der Waals surface area contributed by atoms with Crippen LogP contribution in [0.3, 0.4) is 0 Å². The van der Waals surface area contributed by atoms with Crippen molar-refractivity contribution in [2.75, 3.05) is 11.9 Å². The molecule has 0 fully saturated rings. The summed E-state index contributed by atoms with van der Waals surface area (Å²) in [6.07, 6.45) is 12.0. The molecule has 0 aliphatic heterocycles. The van der Waals surface area contributed by atoms with Crippen molar-refractivity contribution in [2.24, 2.45) is 0 Å². The van der Waals surface area contributed by atoms with Gasteiger partial charge in [-0.1, -0.05) is 164 Å². The molecule has 10 rings (SSSR count). The molecule has 3 heterocycles. The van der Waals surface area contributed by atoms with Gasteiger partial charge in [-0.3, -0.25) is 4.98 Å². The van der Waals surface area contributed by atoms with Crippen LogP contribution < -0.4 is 4.90 Å². The standard InChI is InChI=1S/C58H44N6/c1-4-5-9-20-40(2)54-48(28-18-31-52(54)63(3)46-25-14-8-15-26-46)41-33-35-47(36-34-41)64-51-30-17-16-27-50(51)55-49(29-19-32-53(55)64)44-37-45(39-59-38-44)58-61-56(42-21-10-6-11-22-42)60-57(62-58)43-23-12-7-13-24-43/h4-39H,2H2,1,3H3/b5-4-,20-9-. The lowest BCUT2D eigenvalue weighted by atomic mass is 9.92. The quantitative estimate of drug-likeness (QED) is 0.122. The van der Waals surface area contributed by atoms with E-state index >= 15 is 0 Å². The lowest BCUT2D eigenvalue weighted by molar-refractivity contribution is 1.07. The second-order valence-electron chi connectivity index (χ2n) is 15.6. The van der Waals surface area contributed by atoms with Crippen molar-refractivity contribution < 1.29 is 0 Å². The van der Waals surface area contributed by atoms with E-state index in [1.165, 1.54) is 0 Å². The second kappa shape index (κ2) is 17.5. The monoisotopic (exact) mass is 824 g/mol. The topological polar surface area (TPSA) is 59.7 Å². The summed E-state index contributed by atoms with van der Waals surface area (Å²) in [4.78, 5) is 21.9. The van der Waals surface area contributed by atoms with Gasteiger partial charge >= 0.3 is 0 Å². The molecule has 7 aromatic carbocycles. The number of hydrogen-bond donors (Lipinski definition) is 0. The fourth-order valence-electron chi connectivity index (χ4n) is 8.53. The van der Waals surface area contributed by atoms with E-state index in [0.29, 0.717) is 17.5 Å². The first-order valence-corrected chi connectivity index (χ1v) is 21.4. The van der Waals surface area contributed by atoms with Crippen molar-refractivity contribution in [3.63, 3.8) is 0 Å². The molecule has 10 aromatic rings. The van der Waals surface area contributed by atoms with Crippen molar-refractivity contribution in [3.8, 4) is 62.1 Å². The Hall–Kier alpha value is -8.48. The van der Waals surface area contributed by atoms with Crippen LogP contribution in [0.5, 0.6) is 0 Å². The Morgan fingerprint density at radius 3 is 1.80 bits per heavy atom. The molecule has 0 saturated heterocycles. The average Bonchev–Trinajstić information content (AvgIpc) is 3.71. The number of anilines is 2. The molecule has 0 aliphatic carbocycles. The van der Waals surface area contributed by atoms with Gasteiger partial charge in [-0.2, -0.15) is 0 Å². The summed E-state index contributed by atoms with van der Waals surface area (Å²) >= 11 is 0. The van der Waals surface area contributed by atoms with Crippen LogP contribution in [0.2, 0.25) is 0 Å². The van der Waals surface area contributed by atoms with Gasteiger partial charge in [0, 0.05) is 75.1 Å². The molecule has 6 nitrogen and oxygen atoms in total. The lowest BCUT2D eigenvalue weighted by Crippen LogP contribution is -2.12. The molecule has 0 N–H and O–H groups in total. The Labute approximate surface area is 373 Å². The van der Waals surface area contributed by atoms with E-state index in [4.69, 9.17) is 19.9 Å². The summed E-state index contributed by atoms with van der Waals surface area (Å²) in [6, 6.07) is 63.2. The molecule has 6 heteroatoms. The summed E-state index contributed by atoms with van der Waals surface area (Å²) in [5, 5.41) is 2.30. The summed E-state index contributed by atoms with van der Waals surface area (Å²) in [5.74, 6) is 1.79. The number of pyridine rings is 1. The molecule has 0 atom stereocenters. The maximum Gasteiger partial charge on any atom is 0.165 e. The number of allylic oxidation sites excluding steroid dienone is 5. The predicted octanol–water partition coefficient (Wildman–Crippen LogP) is 14.6. The second-order valence-corrected chi connectivity index (χ2v) is 15.6. The zero-order chi connectivity index (χ0) is 43.4. The SMILES string of the molecule is C=C(/C=C\C=C/C)c1c(-c2ccc(-n3c4ccccc4c4c(-c5cncc(-c6nc(-c7ccccc7)nc(-c7ccccc7)n6)c5)cccc43)cc2)cccc1N(C)c1ccccc1. The zero-order valence-electron chi connectivity index (χ0n) is 35.7. The van der Waals surface area contributed by atoms with Gasteiger partial charge in [-0.25, -0.2) is 15.0 Å². The summed E-state index contributed by atoms with van der Waals surface area (Å²) in [6.45, 7) is 6.59. The number of benzene rings is 7. The van der Waals surface area contributed by atoms with Crippen molar-refractivity contribution in [3.05, 3.63) is 231 Å². The average molecular weight is 825 g/mol. The van der Waals surface area contributed by atoms with E-state index in [0.717, 1.165) is 88.9 Å². The first-order chi connectivity index (χ1) is 31.6. The van der Waals surface area contributed by atoms with E-state index in [1.807, 2.05) is 104 Å².